The van der Waals surface area contributed by atoms with E-state index in [0.29, 0.717) is 11.7 Å². The van der Waals surface area contributed by atoms with Gasteiger partial charge in [0.2, 0.25) is 15.9 Å². The number of anilines is 2. The molecule has 0 aromatic heterocycles. The molecular formula is C15H20N2O3S. The lowest BCUT2D eigenvalue weighted by Gasteiger charge is -2.32. The molecule has 1 aromatic carbocycles. The summed E-state index contributed by atoms with van der Waals surface area (Å²) in [6, 6.07) is 7.39. The molecule has 0 atom stereocenters. The number of amides is 1. The van der Waals surface area contributed by atoms with Crippen molar-refractivity contribution in [2.45, 2.75) is 38.1 Å². The van der Waals surface area contributed by atoms with Gasteiger partial charge in [-0.3, -0.25) is 9.52 Å². The van der Waals surface area contributed by atoms with Gasteiger partial charge in [0.05, 0.1) is 6.26 Å². The van der Waals surface area contributed by atoms with Crippen LogP contribution in [-0.2, 0) is 14.8 Å². The lowest BCUT2D eigenvalue weighted by atomic mass is 9.84. The van der Waals surface area contributed by atoms with Crippen molar-refractivity contribution < 1.29 is 13.2 Å². The zero-order valence-corrected chi connectivity index (χ0v) is 12.9. The summed E-state index contributed by atoms with van der Waals surface area (Å²) in [4.78, 5) is 14.4. The standard InChI is InChI=1S/C15H20N2O3S/c1-21(19,20)16-12-5-7-13(8-6-12)17(14-9-10-14)15(18)11-3-2-4-11/h5-8,11,14,16H,2-4,9-10H2,1H3. The minimum atomic E-state index is -3.27. The zero-order chi connectivity index (χ0) is 15.0. The highest BCUT2D eigenvalue weighted by Crippen LogP contribution is 2.37. The van der Waals surface area contributed by atoms with Crippen molar-refractivity contribution in [3.05, 3.63) is 24.3 Å². The van der Waals surface area contributed by atoms with Gasteiger partial charge >= 0.3 is 0 Å². The summed E-state index contributed by atoms with van der Waals surface area (Å²) in [6.07, 6.45) is 6.37. The van der Waals surface area contributed by atoms with Crippen molar-refractivity contribution >= 4 is 27.3 Å². The summed E-state index contributed by atoms with van der Waals surface area (Å²) >= 11 is 0. The van der Waals surface area contributed by atoms with Crippen LogP contribution in [-0.4, -0.2) is 26.6 Å². The summed E-state index contributed by atoms with van der Waals surface area (Å²) < 4.78 is 24.8. The predicted octanol–water partition coefficient (Wildman–Crippen LogP) is 2.35. The molecule has 0 radical (unpaired) electrons. The van der Waals surface area contributed by atoms with E-state index in [0.717, 1.165) is 44.0 Å². The van der Waals surface area contributed by atoms with Crippen molar-refractivity contribution in [1.29, 1.82) is 0 Å². The number of rotatable bonds is 5. The quantitative estimate of drug-likeness (QED) is 0.908. The van der Waals surface area contributed by atoms with Crippen LogP contribution < -0.4 is 9.62 Å². The van der Waals surface area contributed by atoms with Gasteiger partial charge in [0.15, 0.2) is 0 Å². The normalized spacial score (nSPS) is 18.9. The first-order valence-corrected chi connectivity index (χ1v) is 9.24. The van der Waals surface area contributed by atoms with E-state index in [1.807, 2.05) is 17.0 Å². The number of sulfonamides is 1. The Kier molecular flexibility index (Phi) is 3.65. The first-order chi connectivity index (χ1) is 9.94. The van der Waals surface area contributed by atoms with Gasteiger partial charge in [-0.1, -0.05) is 6.42 Å². The second-order valence-corrected chi connectivity index (χ2v) is 7.74. The fourth-order valence-corrected chi connectivity index (χ4v) is 3.17. The van der Waals surface area contributed by atoms with Gasteiger partial charge in [-0.15, -0.1) is 0 Å². The van der Waals surface area contributed by atoms with E-state index in [1.54, 1.807) is 12.1 Å². The smallest absolute Gasteiger partial charge is 0.230 e. The van der Waals surface area contributed by atoms with Crippen LogP contribution in [0.1, 0.15) is 32.1 Å². The molecule has 2 aliphatic carbocycles. The molecule has 2 fully saturated rings. The van der Waals surface area contributed by atoms with Crippen molar-refractivity contribution in [3.8, 4) is 0 Å². The Morgan fingerprint density at radius 2 is 1.76 bits per heavy atom. The molecule has 6 heteroatoms. The monoisotopic (exact) mass is 308 g/mol. The van der Waals surface area contributed by atoms with Crippen LogP contribution in [0.4, 0.5) is 11.4 Å². The van der Waals surface area contributed by atoms with Gasteiger partial charge in [-0.25, -0.2) is 8.42 Å². The minimum absolute atomic E-state index is 0.180. The first-order valence-electron chi connectivity index (χ1n) is 7.35. The summed E-state index contributed by atoms with van der Waals surface area (Å²) in [6.45, 7) is 0. The van der Waals surface area contributed by atoms with Crippen molar-refractivity contribution in [2.75, 3.05) is 15.9 Å². The number of benzene rings is 1. The highest BCUT2D eigenvalue weighted by Gasteiger charge is 2.38. The maximum Gasteiger partial charge on any atom is 0.230 e. The largest absolute Gasteiger partial charge is 0.309 e. The van der Waals surface area contributed by atoms with Crippen LogP contribution >= 0.6 is 0 Å². The van der Waals surface area contributed by atoms with E-state index in [4.69, 9.17) is 0 Å². The van der Waals surface area contributed by atoms with E-state index >= 15 is 0 Å². The van der Waals surface area contributed by atoms with E-state index < -0.39 is 10.0 Å². The minimum Gasteiger partial charge on any atom is -0.309 e. The molecule has 21 heavy (non-hydrogen) atoms. The number of nitrogens with one attached hydrogen (secondary N) is 1. The summed E-state index contributed by atoms with van der Waals surface area (Å²) in [5.41, 5.74) is 1.39. The molecule has 0 spiro atoms. The van der Waals surface area contributed by atoms with Crippen molar-refractivity contribution in [3.63, 3.8) is 0 Å². The molecule has 2 aliphatic rings. The van der Waals surface area contributed by atoms with Crippen LogP contribution in [0.2, 0.25) is 0 Å². The lowest BCUT2D eigenvalue weighted by Crippen LogP contribution is -2.40. The van der Waals surface area contributed by atoms with Gasteiger partial charge in [0, 0.05) is 23.3 Å². The molecule has 1 N–H and O–H groups in total. The number of carbonyl (C=O) groups is 1. The van der Waals surface area contributed by atoms with Crippen molar-refractivity contribution in [1.82, 2.24) is 0 Å². The number of hydrogen-bond acceptors (Lipinski definition) is 3. The molecule has 5 nitrogen and oxygen atoms in total. The topological polar surface area (TPSA) is 66.5 Å². The molecule has 0 bridgehead atoms. The molecule has 0 saturated heterocycles. The number of nitrogens with zero attached hydrogens (tertiary/aromatic N) is 1. The Balaban J connectivity index is 1.78. The molecule has 0 aliphatic heterocycles. The first kappa shape index (κ1) is 14.4. The summed E-state index contributed by atoms with van der Waals surface area (Å²) in [5, 5.41) is 0. The predicted molar refractivity (Wildman–Crippen MR) is 82.8 cm³/mol. The molecule has 1 aromatic rings. The Hall–Kier alpha value is -1.56. The number of carbonyl (C=O) groups excluding carboxylic acids is 1. The Morgan fingerprint density at radius 1 is 1.14 bits per heavy atom. The van der Waals surface area contributed by atoms with Crippen LogP contribution in [0.5, 0.6) is 0 Å². The van der Waals surface area contributed by atoms with E-state index in [9.17, 15) is 13.2 Å². The summed E-state index contributed by atoms with van der Waals surface area (Å²) in [7, 11) is -3.27. The van der Waals surface area contributed by atoms with Crippen LogP contribution in [0.25, 0.3) is 0 Å². The Bertz CT molecular complexity index is 631. The maximum absolute atomic E-state index is 12.5. The molecule has 0 heterocycles. The van der Waals surface area contributed by atoms with E-state index in [2.05, 4.69) is 4.72 Å². The molecule has 1 amide bonds. The molecule has 2 saturated carbocycles. The van der Waals surface area contributed by atoms with Crippen LogP contribution in [0.3, 0.4) is 0 Å². The third-order valence-corrected chi connectivity index (χ3v) is 4.66. The highest BCUT2D eigenvalue weighted by atomic mass is 32.2. The fraction of sp³-hybridized carbons (Fsp3) is 0.533. The second-order valence-electron chi connectivity index (χ2n) is 5.99. The van der Waals surface area contributed by atoms with Crippen molar-refractivity contribution in [2.24, 2.45) is 5.92 Å². The lowest BCUT2D eigenvalue weighted by molar-refractivity contribution is -0.124. The molecule has 114 valence electrons. The second kappa shape index (κ2) is 5.33. The third-order valence-electron chi connectivity index (χ3n) is 4.05. The Labute approximate surface area is 125 Å². The fourth-order valence-electron chi connectivity index (χ4n) is 2.61. The average Bonchev–Trinajstić information content (AvgIpc) is 3.12. The zero-order valence-electron chi connectivity index (χ0n) is 12.1. The molecule has 0 unspecified atom stereocenters. The van der Waals surface area contributed by atoms with Gasteiger partial charge < -0.3 is 4.90 Å². The van der Waals surface area contributed by atoms with Gasteiger partial charge in [0.25, 0.3) is 0 Å². The van der Waals surface area contributed by atoms with E-state index in [1.165, 1.54) is 0 Å². The van der Waals surface area contributed by atoms with Gasteiger partial charge in [-0.05, 0) is 49.9 Å². The van der Waals surface area contributed by atoms with Crippen LogP contribution in [0.15, 0.2) is 24.3 Å². The van der Waals surface area contributed by atoms with E-state index in [-0.39, 0.29) is 11.8 Å². The maximum atomic E-state index is 12.5. The SMILES string of the molecule is CS(=O)(=O)Nc1ccc(N(C(=O)C2CCC2)C2CC2)cc1. The summed E-state index contributed by atoms with van der Waals surface area (Å²) in [5.74, 6) is 0.409. The Morgan fingerprint density at radius 3 is 2.19 bits per heavy atom. The van der Waals surface area contributed by atoms with Crippen LogP contribution in [0, 0.1) is 5.92 Å². The van der Waals surface area contributed by atoms with Gasteiger partial charge in [-0.2, -0.15) is 0 Å². The third kappa shape index (κ3) is 3.37. The number of hydrogen-bond donors (Lipinski definition) is 1. The highest BCUT2D eigenvalue weighted by molar-refractivity contribution is 7.92. The average molecular weight is 308 g/mol. The molecule has 3 rings (SSSR count). The molecular weight excluding hydrogens is 288 g/mol. The van der Waals surface area contributed by atoms with Gasteiger partial charge in [0.1, 0.15) is 0 Å².